The summed E-state index contributed by atoms with van der Waals surface area (Å²) in [6, 6.07) is 15.7. The van der Waals surface area contributed by atoms with Gasteiger partial charge in [-0.25, -0.2) is 0 Å². The highest BCUT2D eigenvalue weighted by molar-refractivity contribution is 7.97. The zero-order chi connectivity index (χ0) is 11.4. The lowest BCUT2D eigenvalue weighted by Crippen LogP contribution is -1.89. The summed E-state index contributed by atoms with van der Waals surface area (Å²) in [7, 11) is 0. The average molecular weight is 231 g/mol. The molecule has 0 aliphatic carbocycles. The Morgan fingerprint density at radius 2 is 1.81 bits per heavy atom. The molecule has 0 heterocycles. The number of hydrogen-bond donors (Lipinski definition) is 1. The molecule has 2 rings (SSSR count). The van der Waals surface area contributed by atoms with Crippen LogP contribution in [0.3, 0.4) is 0 Å². The Morgan fingerprint density at radius 1 is 1.06 bits per heavy atom. The largest absolute Gasteiger partial charge is 0.456 e. The van der Waals surface area contributed by atoms with Gasteiger partial charge in [-0.1, -0.05) is 24.3 Å². The van der Waals surface area contributed by atoms with Crippen molar-refractivity contribution in [2.24, 2.45) is 5.14 Å². The Kier molecular flexibility index (Phi) is 3.49. The van der Waals surface area contributed by atoms with Crippen molar-refractivity contribution in [1.29, 1.82) is 0 Å². The Labute approximate surface area is 99.6 Å². The third kappa shape index (κ3) is 2.56. The fourth-order valence-electron chi connectivity index (χ4n) is 1.41. The lowest BCUT2D eigenvalue weighted by Gasteiger charge is -2.09. The van der Waals surface area contributed by atoms with Crippen LogP contribution in [0.4, 0.5) is 0 Å². The summed E-state index contributed by atoms with van der Waals surface area (Å²) >= 11 is 1.20. The second-order valence-electron chi connectivity index (χ2n) is 3.48. The minimum atomic E-state index is 0.796. The molecule has 3 heteroatoms. The second kappa shape index (κ2) is 5.05. The SMILES string of the molecule is Cc1ccc(Oc2ccccc2)c(SN)c1. The molecule has 2 aromatic rings. The van der Waals surface area contributed by atoms with Crippen molar-refractivity contribution >= 4 is 11.9 Å². The molecule has 2 nitrogen and oxygen atoms in total. The number of para-hydroxylation sites is 1. The molecule has 16 heavy (non-hydrogen) atoms. The summed E-state index contributed by atoms with van der Waals surface area (Å²) in [6.45, 7) is 2.03. The van der Waals surface area contributed by atoms with Crippen molar-refractivity contribution in [2.75, 3.05) is 0 Å². The summed E-state index contributed by atoms with van der Waals surface area (Å²) < 4.78 is 5.75. The van der Waals surface area contributed by atoms with Crippen molar-refractivity contribution in [3.63, 3.8) is 0 Å². The highest BCUT2D eigenvalue weighted by Crippen LogP contribution is 2.30. The van der Waals surface area contributed by atoms with Gasteiger partial charge in [0, 0.05) is 0 Å². The van der Waals surface area contributed by atoms with E-state index in [9.17, 15) is 0 Å². The van der Waals surface area contributed by atoms with Crippen molar-refractivity contribution in [3.8, 4) is 11.5 Å². The van der Waals surface area contributed by atoms with Crippen LogP contribution in [-0.2, 0) is 0 Å². The van der Waals surface area contributed by atoms with Gasteiger partial charge >= 0.3 is 0 Å². The highest BCUT2D eigenvalue weighted by Gasteiger charge is 2.04. The minimum Gasteiger partial charge on any atom is -0.456 e. The van der Waals surface area contributed by atoms with Crippen LogP contribution in [0.15, 0.2) is 53.4 Å². The second-order valence-corrected chi connectivity index (χ2v) is 4.16. The third-order valence-corrected chi connectivity index (χ3v) is 2.77. The molecule has 82 valence electrons. The molecule has 0 aliphatic heterocycles. The summed E-state index contributed by atoms with van der Waals surface area (Å²) in [5, 5.41) is 5.61. The van der Waals surface area contributed by atoms with E-state index in [1.165, 1.54) is 17.5 Å². The maximum Gasteiger partial charge on any atom is 0.142 e. The molecule has 0 amide bonds. The molecule has 0 saturated carbocycles. The van der Waals surface area contributed by atoms with Crippen LogP contribution in [0.2, 0.25) is 0 Å². The van der Waals surface area contributed by atoms with Gasteiger partial charge in [0.05, 0.1) is 4.90 Å². The van der Waals surface area contributed by atoms with Crippen LogP contribution in [-0.4, -0.2) is 0 Å². The van der Waals surface area contributed by atoms with Gasteiger partial charge in [0.25, 0.3) is 0 Å². The Bertz CT molecular complexity index is 471. The minimum absolute atomic E-state index is 0.796. The van der Waals surface area contributed by atoms with Gasteiger partial charge in [-0.05, 0) is 48.7 Å². The molecule has 0 unspecified atom stereocenters. The maximum atomic E-state index is 5.75. The standard InChI is InChI=1S/C13H13NOS/c1-10-7-8-12(13(9-10)16-14)15-11-5-3-2-4-6-11/h2-9H,14H2,1H3. The molecule has 0 bridgehead atoms. The molecular weight excluding hydrogens is 218 g/mol. The summed E-state index contributed by atoms with van der Waals surface area (Å²) in [6.07, 6.45) is 0. The molecule has 0 spiro atoms. The fourth-order valence-corrected chi connectivity index (χ4v) is 1.89. The summed E-state index contributed by atoms with van der Waals surface area (Å²) in [5.74, 6) is 1.62. The molecule has 0 fully saturated rings. The number of hydrogen-bond acceptors (Lipinski definition) is 3. The number of ether oxygens (including phenoxy) is 1. The van der Waals surface area contributed by atoms with E-state index in [-0.39, 0.29) is 0 Å². The zero-order valence-electron chi connectivity index (χ0n) is 9.01. The van der Waals surface area contributed by atoms with E-state index in [2.05, 4.69) is 0 Å². The first-order valence-electron chi connectivity index (χ1n) is 5.00. The van der Waals surface area contributed by atoms with Crippen LogP contribution >= 0.6 is 11.9 Å². The van der Waals surface area contributed by atoms with Crippen molar-refractivity contribution in [2.45, 2.75) is 11.8 Å². The molecule has 0 aromatic heterocycles. The Balaban J connectivity index is 2.28. The lowest BCUT2D eigenvalue weighted by atomic mass is 10.2. The van der Waals surface area contributed by atoms with Crippen molar-refractivity contribution in [3.05, 3.63) is 54.1 Å². The number of nitrogens with two attached hydrogens (primary N) is 1. The quantitative estimate of drug-likeness (QED) is 0.817. The highest BCUT2D eigenvalue weighted by atomic mass is 32.2. The summed E-state index contributed by atoms with van der Waals surface area (Å²) in [5.41, 5.74) is 1.17. The van der Waals surface area contributed by atoms with E-state index in [4.69, 9.17) is 9.88 Å². The fraction of sp³-hybridized carbons (Fsp3) is 0.0769. The Morgan fingerprint density at radius 3 is 2.50 bits per heavy atom. The first-order chi connectivity index (χ1) is 7.79. The number of benzene rings is 2. The third-order valence-electron chi connectivity index (χ3n) is 2.20. The molecule has 0 atom stereocenters. The van der Waals surface area contributed by atoms with Crippen molar-refractivity contribution < 1.29 is 4.74 Å². The topological polar surface area (TPSA) is 35.2 Å². The number of rotatable bonds is 3. The normalized spacial score (nSPS) is 10.1. The molecular formula is C13H13NOS. The van der Waals surface area contributed by atoms with Gasteiger partial charge in [0.2, 0.25) is 0 Å². The molecule has 0 saturated heterocycles. The molecule has 2 N–H and O–H groups in total. The van der Waals surface area contributed by atoms with Crippen LogP contribution in [0, 0.1) is 6.92 Å². The lowest BCUT2D eigenvalue weighted by molar-refractivity contribution is 0.471. The predicted molar refractivity (Wildman–Crippen MR) is 67.7 cm³/mol. The van der Waals surface area contributed by atoms with Gasteiger partial charge in [0.15, 0.2) is 0 Å². The van der Waals surface area contributed by atoms with Gasteiger partial charge in [-0.2, -0.15) is 0 Å². The van der Waals surface area contributed by atoms with E-state index in [1.807, 2.05) is 55.5 Å². The zero-order valence-corrected chi connectivity index (χ0v) is 9.83. The van der Waals surface area contributed by atoms with Gasteiger partial charge in [0.1, 0.15) is 11.5 Å². The van der Waals surface area contributed by atoms with E-state index < -0.39 is 0 Å². The molecule has 2 aromatic carbocycles. The van der Waals surface area contributed by atoms with Crippen LogP contribution < -0.4 is 9.88 Å². The maximum absolute atomic E-state index is 5.75. The molecule has 0 radical (unpaired) electrons. The van der Waals surface area contributed by atoms with E-state index >= 15 is 0 Å². The first-order valence-corrected chi connectivity index (χ1v) is 5.88. The predicted octanol–water partition coefficient (Wildman–Crippen LogP) is 3.75. The van der Waals surface area contributed by atoms with E-state index in [0.717, 1.165) is 16.4 Å². The molecule has 0 aliphatic rings. The van der Waals surface area contributed by atoms with Crippen molar-refractivity contribution in [1.82, 2.24) is 0 Å². The van der Waals surface area contributed by atoms with Crippen LogP contribution in [0.1, 0.15) is 5.56 Å². The first kappa shape index (κ1) is 11.0. The van der Waals surface area contributed by atoms with Crippen LogP contribution in [0.5, 0.6) is 11.5 Å². The number of aryl methyl sites for hydroxylation is 1. The van der Waals surface area contributed by atoms with Gasteiger partial charge in [-0.3, -0.25) is 5.14 Å². The summed E-state index contributed by atoms with van der Waals surface area (Å²) in [4.78, 5) is 0.948. The van der Waals surface area contributed by atoms with E-state index in [0.29, 0.717) is 0 Å². The smallest absolute Gasteiger partial charge is 0.142 e. The van der Waals surface area contributed by atoms with E-state index in [1.54, 1.807) is 0 Å². The van der Waals surface area contributed by atoms with Crippen LogP contribution in [0.25, 0.3) is 0 Å². The monoisotopic (exact) mass is 231 g/mol. The Hall–Kier alpha value is -1.45. The van der Waals surface area contributed by atoms with Gasteiger partial charge < -0.3 is 4.74 Å². The average Bonchev–Trinajstić information content (AvgIpc) is 2.33. The van der Waals surface area contributed by atoms with Gasteiger partial charge in [-0.15, -0.1) is 0 Å².